The molecule has 0 aromatic rings. The van der Waals surface area contributed by atoms with Crippen molar-refractivity contribution in [2.75, 3.05) is 6.61 Å². The van der Waals surface area contributed by atoms with Crippen molar-refractivity contribution in [3.63, 3.8) is 0 Å². The third-order valence-electron chi connectivity index (χ3n) is 4.26. The average molecular weight is 238 g/mol. The van der Waals surface area contributed by atoms with Gasteiger partial charge in [0.15, 0.2) is 0 Å². The van der Waals surface area contributed by atoms with E-state index < -0.39 is 0 Å². The summed E-state index contributed by atoms with van der Waals surface area (Å²) in [6.07, 6.45) is 13.3. The Balaban J connectivity index is 1.61. The van der Waals surface area contributed by atoms with E-state index >= 15 is 0 Å². The van der Waals surface area contributed by atoms with Crippen molar-refractivity contribution in [1.82, 2.24) is 0 Å². The second-order valence-corrected chi connectivity index (χ2v) is 5.77. The van der Waals surface area contributed by atoms with Crippen LogP contribution in [0.4, 0.5) is 0 Å². The molecule has 0 aromatic heterocycles. The monoisotopic (exact) mass is 238 g/mol. The predicted molar refractivity (Wildman–Crippen MR) is 69.0 cm³/mol. The molecule has 1 aliphatic heterocycles. The minimum atomic E-state index is 0.382. The van der Waals surface area contributed by atoms with Crippen molar-refractivity contribution in [3.05, 3.63) is 0 Å². The Hall–Kier alpha value is -0.370. The fraction of sp³-hybridized carbons (Fsp3) is 0.933. The molecule has 1 saturated carbocycles. The molecule has 0 N–H and O–H groups in total. The average Bonchev–Trinajstić information content (AvgIpc) is 2.72. The molecule has 0 aromatic carbocycles. The number of Topliss-reactive ketones (excluding diaryl/α,β-unsaturated/α-hetero) is 1. The molecule has 1 saturated heterocycles. The molecule has 0 spiro atoms. The molecule has 1 atom stereocenters. The Morgan fingerprint density at radius 1 is 1.00 bits per heavy atom. The first kappa shape index (κ1) is 13.1. The number of ether oxygens (including phenoxy) is 1. The highest BCUT2D eigenvalue weighted by Gasteiger charge is 2.19. The Morgan fingerprint density at radius 3 is 2.41 bits per heavy atom. The van der Waals surface area contributed by atoms with Gasteiger partial charge in [-0.2, -0.15) is 0 Å². The van der Waals surface area contributed by atoms with E-state index in [0.717, 1.165) is 32.3 Å². The fourth-order valence-corrected chi connectivity index (χ4v) is 3.19. The second kappa shape index (κ2) is 7.15. The standard InChI is InChI=1S/C15H26O2/c16-14(9-10-15-8-5-11-17-15)12-13-6-3-1-2-4-7-13/h13,15H,1-12H2. The van der Waals surface area contributed by atoms with Crippen LogP contribution in [0.2, 0.25) is 0 Å². The number of carbonyl (C=O) groups is 1. The summed E-state index contributed by atoms with van der Waals surface area (Å²) in [4.78, 5) is 11.9. The SMILES string of the molecule is O=C(CCC1CCCO1)CC1CCCCCC1. The highest BCUT2D eigenvalue weighted by Crippen LogP contribution is 2.26. The number of ketones is 1. The summed E-state index contributed by atoms with van der Waals surface area (Å²) in [7, 11) is 0. The molecule has 1 heterocycles. The van der Waals surface area contributed by atoms with E-state index in [1.807, 2.05) is 0 Å². The summed E-state index contributed by atoms with van der Waals surface area (Å²) < 4.78 is 5.56. The highest BCUT2D eigenvalue weighted by molar-refractivity contribution is 5.78. The molecule has 0 radical (unpaired) electrons. The van der Waals surface area contributed by atoms with Gasteiger partial charge in [0.2, 0.25) is 0 Å². The van der Waals surface area contributed by atoms with Crippen LogP contribution in [0, 0.1) is 5.92 Å². The third-order valence-corrected chi connectivity index (χ3v) is 4.26. The van der Waals surface area contributed by atoms with E-state index in [2.05, 4.69) is 0 Å². The number of carbonyl (C=O) groups excluding carboxylic acids is 1. The zero-order chi connectivity index (χ0) is 11.9. The summed E-state index contributed by atoms with van der Waals surface area (Å²) in [6, 6.07) is 0. The maximum Gasteiger partial charge on any atom is 0.133 e. The molecule has 1 aliphatic carbocycles. The van der Waals surface area contributed by atoms with Crippen molar-refractivity contribution in [2.45, 2.75) is 76.7 Å². The van der Waals surface area contributed by atoms with Crippen LogP contribution in [0.5, 0.6) is 0 Å². The van der Waals surface area contributed by atoms with Crippen LogP contribution in [0.1, 0.15) is 70.6 Å². The maximum atomic E-state index is 11.9. The molecule has 2 heteroatoms. The molecule has 2 nitrogen and oxygen atoms in total. The van der Waals surface area contributed by atoms with Crippen LogP contribution in [-0.2, 0) is 9.53 Å². The van der Waals surface area contributed by atoms with Crippen molar-refractivity contribution in [1.29, 1.82) is 0 Å². The first-order valence-electron chi connectivity index (χ1n) is 7.48. The van der Waals surface area contributed by atoms with Crippen molar-refractivity contribution in [2.24, 2.45) is 5.92 Å². The largest absolute Gasteiger partial charge is 0.378 e. The van der Waals surface area contributed by atoms with Crippen LogP contribution in [0.25, 0.3) is 0 Å². The lowest BCUT2D eigenvalue weighted by molar-refractivity contribution is -0.120. The van der Waals surface area contributed by atoms with Gasteiger partial charge in [-0.3, -0.25) is 4.79 Å². The minimum absolute atomic E-state index is 0.382. The zero-order valence-electron chi connectivity index (χ0n) is 11.0. The first-order chi connectivity index (χ1) is 8.34. The van der Waals surface area contributed by atoms with E-state index in [9.17, 15) is 4.79 Å². The van der Waals surface area contributed by atoms with Crippen molar-refractivity contribution in [3.8, 4) is 0 Å². The number of hydrogen-bond donors (Lipinski definition) is 0. The first-order valence-corrected chi connectivity index (χ1v) is 7.48. The second-order valence-electron chi connectivity index (χ2n) is 5.77. The molecule has 2 fully saturated rings. The smallest absolute Gasteiger partial charge is 0.133 e. The lowest BCUT2D eigenvalue weighted by Crippen LogP contribution is -2.12. The fourth-order valence-electron chi connectivity index (χ4n) is 3.19. The summed E-state index contributed by atoms with van der Waals surface area (Å²) in [5.41, 5.74) is 0. The summed E-state index contributed by atoms with van der Waals surface area (Å²) in [5.74, 6) is 1.17. The Bertz CT molecular complexity index is 223. The highest BCUT2D eigenvalue weighted by atomic mass is 16.5. The molecule has 2 rings (SSSR count). The van der Waals surface area contributed by atoms with Gasteiger partial charge in [-0.1, -0.05) is 38.5 Å². The predicted octanol–water partition coefficient (Wildman–Crippen LogP) is 3.88. The summed E-state index contributed by atoms with van der Waals surface area (Å²) >= 11 is 0. The van der Waals surface area contributed by atoms with Gasteiger partial charge in [0.1, 0.15) is 5.78 Å². The Labute approximate surface area is 105 Å². The van der Waals surface area contributed by atoms with Gasteiger partial charge in [-0.05, 0) is 25.2 Å². The normalized spacial score (nSPS) is 26.9. The molecule has 1 unspecified atom stereocenters. The topological polar surface area (TPSA) is 26.3 Å². The lowest BCUT2D eigenvalue weighted by atomic mass is 9.92. The van der Waals surface area contributed by atoms with Gasteiger partial charge in [0.25, 0.3) is 0 Å². The molecule has 0 amide bonds. The quantitative estimate of drug-likeness (QED) is 0.679. The molecular weight excluding hydrogens is 212 g/mol. The van der Waals surface area contributed by atoms with Crippen molar-refractivity contribution >= 4 is 5.78 Å². The summed E-state index contributed by atoms with van der Waals surface area (Å²) in [6.45, 7) is 0.904. The van der Waals surface area contributed by atoms with Crippen LogP contribution in [0.15, 0.2) is 0 Å². The van der Waals surface area contributed by atoms with Crippen molar-refractivity contribution < 1.29 is 9.53 Å². The van der Waals surface area contributed by atoms with Crippen LogP contribution >= 0.6 is 0 Å². The van der Waals surface area contributed by atoms with Gasteiger partial charge >= 0.3 is 0 Å². The molecule has 0 bridgehead atoms. The van der Waals surface area contributed by atoms with E-state index in [-0.39, 0.29) is 0 Å². The molecule has 98 valence electrons. The zero-order valence-corrected chi connectivity index (χ0v) is 11.0. The van der Waals surface area contributed by atoms with Gasteiger partial charge in [0.05, 0.1) is 6.10 Å². The number of hydrogen-bond acceptors (Lipinski definition) is 2. The molecule has 17 heavy (non-hydrogen) atoms. The van der Waals surface area contributed by atoms with Crippen LogP contribution in [0.3, 0.4) is 0 Å². The van der Waals surface area contributed by atoms with Crippen LogP contribution in [-0.4, -0.2) is 18.5 Å². The van der Waals surface area contributed by atoms with Gasteiger partial charge in [0, 0.05) is 19.4 Å². The Kier molecular flexibility index (Phi) is 5.50. The maximum absolute atomic E-state index is 11.9. The summed E-state index contributed by atoms with van der Waals surface area (Å²) in [5, 5.41) is 0. The minimum Gasteiger partial charge on any atom is -0.378 e. The molecule has 2 aliphatic rings. The Morgan fingerprint density at radius 2 is 1.76 bits per heavy atom. The van der Waals surface area contributed by atoms with E-state index in [4.69, 9.17) is 4.74 Å². The van der Waals surface area contributed by atoms with E-state index in [1.54, 1.807) is 0 Å². The van der Waals surface area contributed by atoms with E-state index in [1.165, 1.54) is 44.9 Å². The third kappa shape index (κ3) is 4.79. The van der Waals surface area contributed by atoms with Gasteiger partial charge in [-0.25, -0.2) is 0 Å². The van der Waals surface area contributed by atoms with Crippen LogP contribution < -0.4 is 0 Å². The van der Waals surface area contributed by atoms with Gasteiger partial charge < -0.3 is 4.74 Å². The number of rotatable bonds is 5. The van der Waals surface area contributed by atoms with E-state index in [0.29, 0.717) is 17.8 Å². The molecular formula is C15H26O2. The lowest BCUT2D eigenvalue weighted by Gasteiger charge is -2.13. The van der Waals surface area contributed by atoms with Gasteiger partial charge in [-0.15, -0.1) is 0 Å².